The molecule has 1 aliphatic heterocycles. The van der Waals surface area contributed by atoms with Crippen molar-refractivity contribution in [1.82, 2.24) is 10.2 Å². The summed E-state index contributed by atoms with van der Waals surface area (Å²) in [5.74, 6) is 1.14. The molecule has 1 atom stereocenters. The van der Waals surface area contributed by atoms with Gasteiger partial charge in [-0.2, -0.15) is 0 Å². The number of hydrogen-bond acceptors (Lipinski definition) is 4. The van der Waals surface area contributed by atoms with Gasteiger partial charge in [-0.1, -0.05) is 0 Å². The summed E-state index contributed by atoms with van der Waals surface area (Å²) < 4.78 is 22.3. The SMILES string of the molecule is CC1(C2CC2)CN(CCCS(C)(=O)=O)CCCN1. The zero-order valence-electron chi connectivity index (χ0n) is 11.6. The van der Waals surface area contributed by atoms with Crippen LogP contribution in [-0.4, -0.2) is 57.0 Å². The van der Waals surface area contributed by atoms with Gasteiger partial charge in [0, 0.05) is 18.3 Å². The van der Waals surface area contributed by atoms with Crippen molar-refractivity contribution < 1.29 is 8.42 Å². The summed E-state index contributed by atoms with van der Waals surface area (Å²) in [5.41, 5.74) is 0.252. The fourth-order valence-electron chi connectivity index (χ4n) is 3.01. The molecule has 0 radical (unpaired) electrons. The number of sulfone groups is 1. The Bertz CT molecular complexity index is 378. The molecular weight excluding hydrogens is 248 g/mol. The first-order chi connectivity index (χ1) is 8.39. The maximum atomic E-state index is 11.2. The van der Waals surface area contributed by atoms with Gasteiger partial charge < -0.3 is 10.2 Å². The number of nitrogens with zero attached hydrogens (tertiary/aromatic N) is 1. The Morgan fingerprint density at radius 2 is 2.11 bits per heavy atom. The molecule has 0 bridgehead atoms. The van der Waals surface area contributed by atoms with E-state index in [1.807, 2.05) is 0 Å². The van der Waals surface area contributed by atoms with E-state index >= 15 is 0 Å². The first-order valence-corrected chi connectivity index (χ1v) is 9.10. The van der Waals surface area contributed by atoms with E-state index in [4.69, 9.17) is 0 Å². The van der Waals surface area contributed by atoms with E-state index in [1.165, 1.54) is 25.5 Å². The molecule has 1 heterocycles. The maximum absolute atomic E-state index is 11.2. The topological polar surface area (TPSA) is 49.4 Å². The molecule has 18 heavy (non-hydrogen) atoms. The zero-order chi connectivity index (χ0) is 13.2. The molecule has 0 aromatic heterocycles. The minimum absolute atomic E-state index is 0.252. The van der Waals surface area contributed by atoms with Crippen LogP contribution >= 0.6 is 0 Å². The second-order valence-corrected chi connectivity index (χ2v) is 8.49. The molecular formula is C13H26N2O2S. The van der Waals surface area contributed by atoms with Gasteiger partial charge in [0.2, 0.25) is 0 Å². The van der Waals surface area contributed by atoms with Crippen molar-refractivity contribution in [1.29, 1.82) is 0 Å². The molecule has 1 unspecified atom stereocenters. The van der Waals surface area contributed by atoms with E-state index in [1.54, 1.807) is 0 Å². The summed E-state index contributed by atoms with van der Waals surface area (Å²) >= 11 is 0. The van der Waals surface area contributed by atoms with Crippen LogP contribution in [-0.2, 0) is 9.84 Å². The van der Waals surface area contributed by atoms with Crippen LogP contribution in [0.5, 0.6) is 0 Å². The molecule has 4 nitrogen and oxygen atoms in total. The minimum atomic E-state index is -2.81. The van der Waals surface area contributed by atoms with Crippen molar-refractivity contribution in [3.05, 3.63) is 0 Å². The summed E-state index contributed by atoms with van der Waals surface area (Å²) in [6, 6.07) is 0. The van der Waals surface area contributed by atoms with Crippen LogP contribution < -0.4 is 5.32 Å². The summed E-state index contributed by atoms with van der Waals surface area (Å²) in [5, 5.41) is 3.70. The Morgan fingerprint density at radius 1 is 1.39 bits per heavy atom. The van der Waals surface area contributed by atoms with Gasteiger partial charge in [0.1, 0.15) is 9.84 Å². The average Bonchev–Trinajstić information content (AvgIpc) is 3.03. The van der Waals surface area contributed by atoms with Gasteiger partial charge in [0.25, 0.3) is 0 Å². The minimum Gasteiger partial charge on any atom is -0.310 e. The van der Waals surface area contributed by atoms with E-state index in [0.717, 1.165) is 38.5 Å². The van der Waals surface area contributed by atoms with Crippen LogP contribution in [0.4, 0.5) is 0 Å². The van der Waals surface area contributed by atoms with Crippen molar-refractivity contribution in [3.63, 3.8) is 0 Å². The molecule has 1 saturated carbocycles. The van der Waals surface area contributed by atoms with Gasteiger partial charge in [-0.15, -0.1) is 0 Å². The lowest BCUT2D eigenvalue weighted by Gasteiger charge is -2.34. The lowest BCUT2D eigenvalue weighted by molar-refractivity contribution is 0.201. The number of hydrogen-bond donors (Lipinski definition) is 1. The van der Waals surface area contributed by atoms with Gasteiger partial charge in [-0.05, 0) is 58.2 Å². The van der Waals surface area contributed by atoms with Crippen molar-refractivity contribution >= 4 is 9.84 Å². The van der Waals surface area contributed by atoms with E-state index in [-0.39, 0.29) is 5.54 Å². The molecule has 106 valence electrons. The molecule has 0 amide bonds. The van der Waals surface area contributed by atoms with Gasteiger partial charge in [0.05, 0.1) is 5.75 Å². The van der Waals surface area contributed by atoms with Gasteiger partial charge in [0.15, 0.2) is 0 Å². The molecule has 1 N–H and O–H groups in total. The van der Waals surface area contributed by atoms with Gasteiger partial charge >= 0.3 is 0 Å². The lowest BCUT2D eigenvalue weighted by Crippen LogP contribution is -2.51. The van der Waals surface area contributed by atoms with E-state index in [0.29, 0.717) is 5.75 Å². The highest BCUT2D eigenvalue weighted by Gasteiger charge is 2.42. The summed E-state index contributed by atoms with van der Waals surface area (Å²) in [6.45, 7) is 6.51. The second kappa shape index (κ2) is 5.47. The van der Waals surface area contributed by atoms with Crippen molar-refractivity contribution in [2.75, 3.05) is 38.2 Å². The molecule has 0 spiro atoms. The van der Waals surface area contributed by atoms with Crippen LogP contribution in [0.1, 0.15) is 32.6 Å². The number of nitrogens with one attached hydrogen (secondary N) is 1. The molecule has 0 aromatic carbocycles. The van der Waals surface area contributed by atoms with E-state index in [2.05, 4.69) is 17.1 Å². The Kier molecular flexibility index (Phi) is 4.34. The molecule has 1 saturated heterocycles. The summed E-state index contributed by atoms with van der Waals surface area (Å²) in [4.78, 5) is 2.45. The monoisotopic (exact) mass is 274 g/mol. The standard InChI is InChI=1S/C13H26N2O2S/c1-13(12-5-6-12)11-15(8-3-7-14-13)9-4-10-18(2,16)17/h12,14H,3-11H2,1-2H3. The predicted octanol–water partition coefficient (Wildman–Crippen LogP) is 0.885. The molecule has 0 aromatic rings. The molecule has 2 fully saturated rings. The Balaban J connectivity index is 1.83. The first-order valence-electron chi connectivity index (χ1n) is 7.04. The van der Waals surface area contributed by atoms with Crippen molar-refractivity contribution in [3.8, 4) is 0 Å². The smallest absolute Gasteiger partial charge is 0.147 e. The van der Waals surface area contributed by atoms with Crippen LogP contribution in [0, 0.1) is 5.92 Å². The molecule has 5 heteroatoms. The van der Waals surface area contributed by atoms with Crippen LogP contribution in [0.25, 0.3) is 0 Å². The van der Waals surface area contributed by atoms with Gasteiger partial charge in [-0.25, -0.2) is 8.42 Å². The van der Waals surface area contributed by atoms with E-state index < -0.39 is 9.84 Å². The average molecular weight is 274 g/mol. The maximum Gasteiger partial charge on any atom is 0.147 e. The third kappa shape index (κ3) is 4.21. The third-order valence-corrected chi connectivity index (χ3v) is 5.23. The third-order valence-electron chi connectivity index (χ3n) is 4.20. The quantitative estimate of drug-likeness (QED) is 0.809. The number of rotatable bonds is 5. The zero-order valence-corrected chi connectivity index (χ0v) is 12.4. The fourth-order valence-corrected chi connectivity index (χ4v) is 3.66. The van der Waals surface area contributed by atoms with Crippen molar-refractivity contribution in [2.24, 2.45) is 5.92 Å². The van der Waals surface area contributed by atoms with Gasteiger partial charge in [-0.3, -0.25) is 0 Å². The normalized spacial score (nSPS) is 31.2. The summed E-state index contributed by atoms with van der Waals surface area (Å²) in [6.07, 6.45) is 5.95. The van der Waals surface area contributed by atoms with Crippen LogP contribution in [0.3, 0.4) is 0 Å². The highest BCUT2D eigenvalue weighted by molar-refractivity contribution is 7.90. The second-order valence-electron chi connectivity index (χ2n) is 6.23. The highest BCUT2D eigenvalue weighted by Crippen LogP contribution is 2.40. The summed E-state index contributed by atoms with van der Waals surface area (Å²) in [7, 11) is -2.81. The van der Waals surface area contributed by atoms with E-state index in [9.17, 15) is 8.42 Å². The first kappa shape index (κ1) is 14.3. The van der Waals surface area contributed by atoms with Crippen LogP contribution in [0.15, 0.2) is 0 Å². The predicted molar refractivity (Wildman–Crippen MR) is 74.5 cm³/mol. The Labute approximate surface area is 111 Å². The molecule has 2 aliphatic rings. The Hall–Kier alpha value is -0.130. The lowest BCUT2D eigenvalue weighted by atomic mass is 9.95. The highest BCUT2D eigenvalue weighted by atomic mass is 32.2. The van der Waals surface area contributed by atoms with Crippen LogP contribution in [0.2, 0.25) is 0 Å². The molecule has 1 aliphatic carbocycles. The van der Waals surface area contributed by atoms with Crippen molar-refractivity contribution in [2.45, 2.75) is 38.1 Å². The largest absolute Gasteiger partial charge is 0.310 e. The Morgan fingerprint density at radius 3 is 2.72 bits per heavy atom. The fraction of sp³-hybridized carbons (Fsp3) is 1.00. The molecule has 2 rings (SSSR count).